The number of hydrogen-bond donors (Lipinski definition) is 1. The molecule has 27 heavy (non-hydrogen) atoms. The van der Waals surface area contributed by atoms with Crippen LogP contribution in [0.4, 0.5) is 5.95 Å². The van der Waals surface area contributed by atoms with Gasteiger partial charge in [-0.25, -0.2) is 0 Å². The minimum Gasteiger partial charge on any atom is -0.497 e. The molecule has 138 valence electrons. The Bertz CT molecular complexity index is 999. The standard InChI is InChI=1S/C19H19N5O3/c1-25-13-6-4-5-12(9-13)17-11-16(20-19-21-22-23-24(17)19)15-8-7-14(26-2)10-18(15)27-3/h4-11,17H,1-3H3,(H,20,21,23)/t17-/m0/s1. The second-order valence-corrected chi connectivity index (χ2v) is 5.94. The molecule has 1 aliphatic heterocycles. The molecule has 8 heteroatoms. The number of allylic oxidation sites excluding steroid dienone is 1. The van der Waals surface area contributed by atoms with Gasteiger partial charge in [0.15, 0.2) is 0 Å². The summed E-state index contributed by atoms with van der Waals surface area (Å²) in [6.07, 6.45) is 2.06. The van der Waals surface area contributed by atoms with E-state index < -0.39 is 0 Å². The van der Waals surface area contributed by atoms with Gasteiger partial charge in [-0.1, -0.05) is 17.2 Å². The normalized spacial score (nSPS) is 15.4. The van der Waals surface area contributed by atoms with Crippen LogP contribution in [0.2, 0.25) is 0 Å². The Hall–Kier alpha value is -3.55. The van der Waals surface area contributed by atoms with E-state index in [9.17, 15) is 0 Å². The molecule has 1 aromatic heterocycles. The first-order valence-corrected chi connectivity index (χ1v) is 8.36. The van der Waals surface area contributed by atoms with Crippen molar-refractivity contribution in [3.63, 3.8) is 0 Å². The number of hydrogen-bond acceptors (Lipinski definition) is 7. The lowest BCUT2D eigenvalue weighted by atomic mass is 10.0. The van der Waals surface area contributed by atoms with E-state index in [1.807, 2.05) is 42.5 Å². The van der Waals surface area contributed by atoms with Crippen LogP contribution in [-0.2, 0) is 0 Å². The number of nitrogens with zero attached hydrogens (tertiary/aromatic N) is 4. The quantitative estimate of drug-likeness (QED) is 0.744. The Labute approximate surface area is 156 Å². The summed E-state index contributed by atoms with van der Waals surface area (Å²) in [5, 5.41) is 15.3. The van der Waals surface area contributed by atoms with Crippen LogP contribution in [0.25, 0.3) is 5.70 Å². The molecule has 8 nitrogen and oxygen atoms in total. The fourth-order valence-electron chi connectivity index (χ4n) is 3.09. The molecule has 0 fully saturated rings. The average Bonchev–Trinajstić information content (AvgIpc) is 3.21. The summed E-state index contributed by atoms with van der Waals surface area (Å²) in [5.41, 5.74) is 2.75. The molecule has 0 saturated heterocycles. The molecular weight excluding hydrogens is 346 g/mol. The van der Waals surface area contributed by atoms with Crippen LogP contribution in [0.1, 0.15) is 17.2 Å². The Morgan fingerprint density at radius 1 is 0.963 bits per heavy atom. The number of ether oxygens (including phenoxy) is 3. The van der Waals surface area contributed by atoms with Crippen molar-refractivity contribution in [2.45, 2.75) is 6.04 Å². The Morgan fingerprint density at radius 2 is 1.78 bits per heavy atom. The van der Waals surface area contributed by atoms with Crippen molar-refractivity contribution in [2.24, 2.45) is 0 Å². The summed E-state index contributed by atoms with van der Waals surface area (Å²) in [4.78, 5) is 0. The van der Waals surface area contributed by atoms with Crippen molar-refractivity contribution in [3.8, 4) is 17.2 Å². The molecule has 4 rings (SSSR count). The smallest absolute Gasteiger partial charge is 0.248 e. The van der Waals surface area contributed by atoms with Gasteiger partial charge < -0.3 is 19.5 Å². The van der Waals surface area contributed by atoms with Crippen LogP contribution in [0.3, 0.4) is 0 Å². The Balaban J connectivity index is 1.81. The van der Waals surface area contributed by atoms with Crippen LogP contribution in [0.5, 0.6) is 17.2 Å². The zero-order valence-corrected chi connectivity index (χ0v) is 15.2. The van der Waals surface area contributed by atoms with E-state index in [2.05, 4.69) is 26.9 Å². The maximum absolute atomic E-state index is 5.55. The molecule has 0 amide bonds. The van der Waals surface area contributed by atoms with Crippen molar-refractivity contribution >= 4 is 11.6 Å². The minimum absolute atomic E-state index is 0.187. The number of benzene rings is 2. The lowest BCUT2D eigenvalue weighted by Crippen LogP contribution is -2.20. The maximum Gasteiger partial charge on any atom is 0.248 e. The minimum atomic E-state index is -0.187. The second kappa shape index (κ2) is 6.99. The number of rotatable bonds is 5. The van der Waals surface area contributed by atoms with Gasteiger partial charge in [-0.15, -0.1) is 0 Å². The van der Waals surface area contributed by atoms with E-state index in [4.69, 9.17) is 14.2 Å². The first kappa shape index (κ1) is 16.9. The zero-order chi connectivity index (χ0) is 18.8. The van der Waals surface area contributed by atoms with Gasteiger partial charge in [0.05, 0.1) is 27.0 Å². The third kappa shape index (κ3) is 3.05. The third-order valence-corrected chi connectivity index (χ3v) is 4.46. The summed E-state index contributed by atoms with van der Waals surface area (Å²) in [6.45, 7) is 0. The van der Waals surface area contributed by atoms with Crippen LogP contribution < -0.4 is 19.5 Å². The fourth-order valence-corrected chi connectivity index (χ4v) is 3.09. The largest absolute Gasteiger partial charge is 0.497 e. The predicted octanol–water partition coefficient (Wildman–Crippen LogP) is 2.75. The molecule has 2 heterocycles. The van der Waals surface area contributed by atoms with E-state index >= 15 is 0 Å². The van der Waals surface area contributed by atoms with E-state index in [1.54, 1.807) is 26.0 Å². The average molecular weight is 365 g/mol. The van der Waals surface area contributed by atoms with Gasteiger partial charge >= 0.3 is 0 Å². The fraction of sp³-hybridized carbons (Fsp3) is 0.211. The van der Waals surface area contributed by atoms with Gasteiger partial charge in [0, 0.05) is 11.6 Å². The highest BCUT2D eigenvalue weighted by Crippen LogP contribution is 2.36. The summed E-state index contributed by atoms with van der Waals surface area (Å²) >= 11 is 0. The Morgan fingerprint density at radius 3 is 2.56 bits per heavy atom. The SMILES string of the molecule is COc1cccc([C@@H]2C=C(c3ccc(OC)cc3OC)Nc3nnnn32)c1. The highest BCUT2D eigenvalue weighted by molar-refractivity contribution is 5.80. The van der Waals surface area contributed by atoms with Crippen molar-refractivity contribution in [1.82, 2.24) is 20.2 Å². The lowest BCUT2D eigenvalue weighted by Gasteiger charge is -2.24. The first-order chi connectivity index (χ1) is 13.2. The van der Waals surface area contributed by atoms with Gasteiger partial charge in [0.2, 0.25) is 5.95 Å². The molecule has 3 aromatic rings. The Kier molecular flexibility index (Phi) is 4.37. The number of fused-ring (bicyclic) bond motifs is 1. The zero-order valence-electron chi connectivity index (χ0n) is 15.2. The first-order valence-electron chi connectivity index (χ1n) is 8.36. The molecule has 2 aromatic carbocycles. The van der Waals surface area contributed by atoms with Crippen LogP contribution in [0, 0.1) is 0 Å². The molecule has 0 saturated carbocycles. The van der Waals surface area contributed by atoms with Gasteiger partial charge in [-0.05, 0) is 46.3 Å². The number of tetrazole rings is 1. The van der Waals surface area contributed by atoms with Gasteiger partial charge in [-0.3, -0.25) is 0 Å². The monoisotopic (exact) mass is 365 g/mol. The summed E-state index contributed by atoms with van der Waals surface area (Å²) < 4.78 is 17.9. The van der Waals surface area contributed by atoms with Crippen LogP contribution in [-0.4, -0.2) is 41.5 Å². The summed E-state index contributed by atoms with van der Waals surface area (Å²) in [7, 11) is 4.90. The predicted molar refractivity (Wildman–Crippen MR) is 100 cm³/mol. The van der Waals surface area contributed by atoms with E-state index in [0.717, 1.165) is 28.3 Å². The van der Waals surface area contributed by atoms with Gasteiger partial charge in [0.25, 0.3) is 0 Å². The van der Waals surface area contributed by atoms with Crippen molar-refractivity contribution in [3.05, 3.63) is 59.7 Å². The number of methoxy groups -OCH3 is 3. The van der Waals surface area contributed by atoms with Crippen LogP contribution in [0.15, 0.2) is 48.5 Å². The lowest BCUT2D eigenvalue weighted by molar-refractivity contribution is 0.393. The second-order valence-electron chi connectivity index (χ2n) is 5.94. The molecule has 1 atom stereocenters. The molecule has 0 unspecified atom stereocenters. The summed E-state index contributed by atoms with van der Waals surface area (Å²) in [5.74, 6) is 2.75. The molecule has 0 bridgehead atoms. The molecule has 0 radical (unpaired) electrons. The van der Waals surface area contributed by atoms with E-state index in [0.29, 0.717) is 11.7 Å². The highest BCUT2D eigenvalue weighted by atomic mass is 16.5. The number of aromatic nitrogens is 4. The molecule has 1 aliphatic rings. The van der Waals surface area contributed by atoms with Crippen LogP contribution >= 0.6 is 0 Å². The summed E-state index contributed by atoms with van der Waals surface area (Å²) in [6, 6.07) is 13.3. The van der Waals surface area contributed by atoms with E-state index in [1.165, 1.54) is 0 Å². The van der Waals surface area contributed by atoms with E-state index in [-0.39, 0.29) is 6.04 Å². The highest BCUT2D eigenvalue weighted by Gasteiger charge is 2.26. The number of nitrogens with one attached hydrogen (secondary N) is 1. The number of anilines is 1. The third-order valence-electron chi connectivity index (χ3n) is 4.46. The van der Waals surface area contributed by atoms with Crippen molar-refractivity contribution < 1.29 is 14.2 Å². The van der Waals surface area contributed by atoms with Crippen molar-refractivity contribution in [1.29, 1.82) is 0 Å². The maximum atomic E-state index is 5.55. The van der Waals surface area contributed by atoms with Gasteiger partial charge in [-0.2, -0.15) is 4.68 Å². The van der Waals surface area contributed by atoms with Crippen molar-refractivity contribution in [2.75, 3.05) is 26.6 Å². The topological polar surface area (TPSA) is 83.3 Å². The molecular formula is C19H19N5O3. The van der Waals surface area contributed by atoms with Gasteiger partial charge in [0.1, 0.15) is 23.3 Å². The molecule has 1 N–H and O–H groups in total. The molecule has 0 aliphatic carbocycles. The molecule has 0 spiro atoms.